The minimum atomic E-state index is -1.72. The lowest BCUT2D eigenvalue weighted by Crippen LogP contribution is -2.52. The maximum absolute atomic E-state index is 14.3. The number of halogens is 1. The monoisotopic (exact) mass is 375 g/mol. The molecule has 2 rings (SSSR count). The topological polar surface area (TPSA) is 167 Å². The molecule has 0 aromatic carbocycles. The van der Waals surface area contributed by atoms with Crippen LogP contribution in [0.1, 0.15) is 19.3 Å². The summed E-state index contributed by atoms with van der Waals surface area (Å²) in [6.07, 6.45) is -1.40. The van der Waals surface area contributed by atoms with Gasteiger partial charge in [0.1, 0.15) is 24.1 Å². The molecule has 2 aliphatic heterocycles. The SMILES string of the molecule is NC1=NC(NCCCCC(N)C(=O)O)N([C@@H]2O[C@H](CO)C(O)[C@@H]2F)C=C1. The first-order valence-corrected chi connectivity index (χ1v) is 8.44. The van der Waals surface area contributed by atoms with Gasteiger partial charge in [-0.15, -0.1) is 0 Å². The molecule has 1 saturated heterocycles. The van der Waals surface area contributed by atoms with Gasteiger partial charge in [0.15, 0.2) is 18.7 Å². The molecule has 0 radical (unpaired) electrons. The number of alkyl halides is 1. The summed E-state index contributed by atoms with van der Waals surface area (Å²) in [5.41, 5.74) is 11.1. The van der Waals surface area contributed by atoms with Crippen LogP contribution in [-0.2, 0) is 9.53 Å². The summed E-state index contributed by atoms with van der Waals surface area (Å²) in [6, 6.07) is -0.895. The molecule has 6 atom stereocenters. The highest BCUT2D eigenvalue weighted by Crippen LogP contribution is 2.28. The van der Waals surface area contributed by atoms with Crippen LogP contribution in [0.2, 0.25) is 0 Å². The zero-order chi connectivity index (χ0) is 19.3. The number of aliphatic hydroxyl groups is 2. The Hall–Kier alpha value is -1.79. The van der Waals surface area contributed by atoms with Gasteiger partial charge in [0.05, 0.1) is 6.61 Å². The zero-order valence-electron chi connectivity index (χ0n) is 14.2. The van der Waals surface area contributed by atoms with Crippen molar-refractivity contribution in [2.75, 3.05) is 13.2 Å². The quantitative estimate of drug-likeness (QED) is 0.251. The van der Waals surface area contributed by atoms with Gasteiger partial charge in [-0.1, -0.05) is 6.42 Å². The molecule has 148 valence electrons. The number of nitrogens with two attached hydrogens (primary N) is 2. The molecule has 0 aliphatic carbocycles. The summed E-state index contributed by atoms with van der Waals surface area (Å²) in [7, 11) is 0. The van der Waals surface area contributed by atoms with Gasteiger partial charge in [-0.2, -0.15) is 0 Å². The number of nitrogens with zero attached hydrogens (tertiary/aromatic N) is 2. The van der Waals surface area contributed by atoms with Crippen LogP contribution in [0, 0.1) is 0 Å². The average molecular weight is 375 g/mol. The molecule has 1 fully saturated rings. The molecule has 0 aromatic rings. The Labute approximate surface area is 150 Å². The van der Waals surface area contributed by atoms with Gasteiger partial charge in [-0.3, -0.25) is 10.1 Å². The average Bonchev–Trinajstić information content (AvgIpc) is 2.89. The molecule has 2 heterocycles. The minimum Gasteiger partial charge on any atom is -0.480 e. The normalized spacial score (nSPS) is 32.5. The number of aliphatic imine (C=N–C) groups is 1. The van der Waals surface area contributed by atoms with E-state index in [0.717, 1.165) is 0 Å². The van der Waals surface area contributed by atoms with E-state index in [4.69, 9.17) is 26.4 Å². The van der Waals surface area contributed by atoms with Crippen LogP contribution in [0.15, 0.2) is 17.3 Å². The van der Waals surface area contributed by atoms with E-state index in [0.29, 0.717) is 25.8 Å². The summed E-state index contributed by atoms with van der Waals surface area (Å²) >= 11 is 0. The number of aliphatic hydroxyl groups excluding tert-OH is 2. The number of unbranched alkanes of at least 4 members (excludes halogenated alkanes) is 1. The third kappa shape index (κ3) is 4.89. The molecule has 0 spiro atoms. The second-order valence-electron chi connectivity index (χ2n) is 6.27. The highest BCUT2D eigenvalue weighted by atomic mass is 19.1. The Kier molecular flexibility index (Phi) is 7.29. The first kappa shape index (κ1) is 20.5. The smallest absolute Gasteiger partial charge is 0.320 e. The fourth-order valence-electron chi connectivity index (χ4n) is 2.81. The molecule has 8 N–H and O–H groups in total. The summed E-state index contributed by atoms with van der Waals surface area (Å²) < 4.78 is 19.7. The number of carbonyl (C=O) groups is 1. The molecule has 0 aromatic heterocycles. The molecule has 2 aliphatic rings. The fraction of sp³-hybridized carbons (Fsp3) is 0.733. The van der Waals surface area contributed by atoms with E-state index in [1.165, 1.54) is 17.2 Å². The number of aliphatic carboxylic acids is 1. The number of ether oxygens (including phenoxy) is 1. The summed E-state index contributed by atoms with van der Waals surface area (Å²) in [5.74, 6) is -0.789. The number of carboxylic acid groups (broad SMARTS) is 1. The van der Waals surface area contributed by atoms with Crippen molar-refractivity contribution < 1.29 is 29.2 Å². The maximum Gasteiger partial charge on any atom is 0.320 e. The van der Waals surface area contributed by atoms with Crippen molar-refractivity contribution in [2.45, 2.75) is 56.2 Å². The molecule has 0 amide bonds. The van der Waals surface area contributed by atoms with Crippen LogP contribution in [0.5, 0.6) is 0 Å². The third-order valence-electron chi connectivity index (χ3n) is 4.32. The first-order valence-electron chi connectivity index (χ1n) is 8.44. The van der Waals surface area contributed by atoms with Crippen molar-refractivity contribution in [3.63, 3.8) is 0 Å². The van der Waals surface area contributed by atoms with Crippen LogP contribution in [0.25, 0.3) is 0 Å². The lowest BCUT2D eigenvalue weighted by molar-refractivity contribution is -0.138. The van der Waals surface area contributed by atoms with Crippen LogP contribution >= 0.6 is 0 Å². The maximum atomic E-state index is 14.3. The fourth-order valence-corrected chi connectivity index (χ4v) is 2.81. The summed E-state index contributed by atoms with van der Waals surface area (Å²) in [5, 5.41) is 30.8. The van der Waals surface area contributed by atoms with E-state index in [-0.39, 0.29) is 5.84 Å². The Bertz CT molecular complexity index is 549. The van der Waals surface area contributed by atoms with Gasteiger partial charge in [-0.05, 0) is 25.5 Å². The molecular weight excluding hydrogens is 349 g/mol. The van der Waals surface area contributed by atoms with Crippen molar-refractivity contribution in [1.29, 1.82) is 0 Å². The van der Waals surface area contributed by atoms with Gasteiger partial charge in [0.25, 0.3) is 0 Å². The predicted molar refractivity (Wildman–Crippen MR) is 90.5 cm³/mol. The highest BCUT2D eigenvalue weighted by Gasteiger charge is 2.47. The van der Waals surface area contributed by atoms with Crippen LogP contribution in [0.4, 0.5) is 4.39 Å². The largest absolute Gasteiger partial charge is 0.480 e. The Balaban J connectivity index is 1.89. The van der Waals surface area contributed by atoms with E-state index >= 15 is 0 Å². The van der Waals surface area contributed by atoms with Crippen molar-refractivity contribution in [3.8, 4) is 0 Å². The standard InChI is InChI=1S/C15H26FN5O5/c16-11-12(23)9(7-22)26-13(11)21-6-4-10(18)20-15(21)19-5-2-1-3-8(17)14(24)25/h4,6,8-9,11-13,15,19,22-23H,1-3,5,7,17H2,(H2,18,20)(H,24,25)/t8?,9-,11+,12?,13-,15?/m1/s1. The lowest BCUT2D eigenvalue weighted by atomic mass is 10.1. The molecule has 3 unspecified atom stereocenters. The van der Waals surface area contributed by atoms with Crippen molar-refractivity contribution in [1.82, 2.24) is 10.2 Å². The molecule has 26 heavy (non-hydrogen) atoms. The number of nitrogens with one attached hydrogen (secondary N) is 1. The third-order valence-corrected chi connectivity index (χ3v) is 4.32. The Morgan fingerprint density at radius 3 is 2.85 bits per heavy atom. The number of hydrogen-bond donors (Lipinski definition) is 6. The van der Waals surface area contributed by atoms with E-state index in [2.05, 4.69) is 10.3 Å². The molecular formula is C15H26FN5O5. The molecule has 0 bridgehead atoms. The van der Waals surface area contributed by atoms with Gasteiger partial charge >= 0.3 is 5.97 Å². The van der Waals surface area contributed by atoms with Gasteiger partial charge in [0, 0.05) is 6.20 Å². The molecule has 0 saturated carbocycles. The van der Waals surface area contributed by atoms with Crippen LogP contribution < -0.4 is 16.8 Å². The number of rotatable bonds is 9. The second-order valence-corrected chi connectivity index (χ2v) is 6.27. The molecule has 10 nitrogen and oxygen atoms in total. The Morgan fingerprint density at radius 1 is 1.50 bits per heavy atom. The Morgan fingerprint density at radius 2 is 2.23 bits per heavy atom. The van der Waals surface area contributed by atoms with Gasteiger partial charge < -0.3 is 36.4 Å². The lowest BCUT2D eigenvalue weighted by Gasteiger charge is -2.35. The van der Waals surface area contributed by atoms with E-state index in [1.54, 1.807) is 0 Å². The van der Waals surface area contributed by atoms with Crippen molar-refractivity contribution >= 4 is 11.8 Å². The van der Waals surface area contributed by atoms with E-state index in [9.17, 15) is 14.3 Å². The van der Waals surface area contributed by atoms with Crippen LogP contribution in [-0.4, -0.2) is 82.1 Å². The molecule has 11 heteroatoms. The van der Waals surface area contributed by atoms with E-state index in [1.807, 2.05) is 0 Å². The minimum absolute atomic E-state index is 0.249. The zero-order valence-corrected chi connectivity index (χ0v) is 14.2. The van der Waals surface area contributed by atoms with Crippen molar-refractivity contribution in [3.05, 3.63) is 12.3 Å². The number of carboxylic acids is 1. The predicted octanol–water partition coefficient (Wildman–Crippen LogP) is -1.96. The van der Waals surface area contributed by atoms with Crippen LogP contribution in [0.3, 0.4) is 0 Å². The van der Waals surface area contributed by atoms with Crippen molar-refractivity contribution in [2.24, 2.45) is 16.5 Å². The van der Waals surface area contributed by atoms with Gasteiger partial charge in [0.2, 0.25) is 0 Å². The summed E-state index contributed by atoms with van der Waals surface area (Å²) in [4.78, 5) is 16.3. The first-order chi connectivity index (χ1) is 12.3. The highest BCUT2D eigenvalue weighted by molar-refractivity contribution is 5.91. The van der Waals surface area contributed by atoms with Gasteiger partial charge in [-0.25, -0.2) is 9.38 Å². The van der Waals surface area contributed by atoms with E-state index < -0.39 is 49.5 Å². The second kappa shape index (κ2) is 9.24. The number of amidine groups is 1. The number of hydrogen-bond acceptors (Lipinski definition) is 9. The summed E-state index contributed by atoms with van der Waals surface area (Å²) in [6.45, 7) is -0.0310.